The molecule has 0 radical (unpaired) electrons. The van der Waals surface area contributed by atoms with Gasteiger partial charge in [0.25, 0.3) is 10.0 Å². The zero-order valence-electron chi connectivity index (χ0n) is 24.6. The Morgan fingerprint density at radius 3 is 2.07 bits per heavy atom. The minimum Gasteiger partial charge on any atom is -0.354 e. The molecule has 0 aromatic heterocycles. The number of hydrogen-bond donors (Lipinski definition) is 1. The third kappa shape index (κ3) is 8.24. The van der Waals surface area contributed by atoms with Gasteiger partial charge < -0.3 is 10.2 Å². The lowest BCUT2D eigenvalue weighted by Gasteiger charge is -2.34. The number of rotatable bonds is 13. The Kier molecular flexibility index (Phi) is 11.1. The van der Waals surface area contributed by atoms with Gasteiger partial charge in [-0.1, -0.05) is 104 Å². The maximum atomic E-state index is 15.2. The number of nitrogens with one attached hydrogen (secondary N) is 1. The van der Waals surface area contributed by atoms with Crippen molar-refractivity contribution < 1.29 is 22.4 Å². The average Bonchev–Trinajstić information content (AvgIpc) is 3.02. The highest BCUT2D eigenvalue weighted by Crippen LogP contribution is 2.28. The van der Waals surface area contributed by atoms with Crippen LogP contribution in [0.1, 0.15) is 25.0 Å². The van der Waals surface area contributed by atoms with Gasteiger partial charge in [-0.3, -0.25) is 13.9 Å². The second-order valence-electron chi connectivity index (χ2n) is 10.7. The lowest BCUT2D eigenvalue weighted by atomic mass is 10.0. The Morgan fingerprint density at radius 1 is 0.841 bits per heavy atom. The van der Waals surface area contributed by atoms with Crippen molar-refractivity contribution in [3.05, 3.63) is 131 Å². The molecule has 4 aromatic rings. The summed E-state index contributed by atoms with van der Waals surface area (Å²) in [7, 11) is -4.39. The van der Waals surface area contributed by atoms with E-state index >= 15 is 4.39 Å². The Morgan fingerprint density at radius 2 is 1.43 bits per heavy atom. The number of anilines is 1. The second-order valence-corrected chi connectivity index (χ2v) is 13.0. The fraction of sp³-hybridized carbons (Fsp3) is 0.235. The van der Waals surface area contributed by atoms with E-state index in [1.165, 1.54) is 35.2 Å². The molecule has 0 aliphatic carbocycles. The van der Waals surface area contributed by atoms with Crippen LogP contribution in [0.4, 0.5) is 10.1 Å². The lowest BCUT2D eigenvalue weighted by Crippen LogP contribution is -2.53. The Bertz CT molecular complexity index is 1670. The number of carbonyl (C=O) groups is 2. The number of hydrogen-bond acceptors (Lipinski definition) is 4. The minimum atomic E-state index is -4.39. The molecule has 0 saturated heterocycles. The van der Waals surface area contributed by atoms with Gasteiger partial charge in [-0.2, -0.15) is 0 Å². The van der Waals surface area contributed by atoms with Crippen LogP contribution >= 0.6 is 11.6 Å². The topological polar surface area (TPSA) is 86.8 Å². The molecule has 0 aliphatic rings. The van der Waals surface area contributed by atoms with Gasteiger partial charge in [-0.25, -0.2) is 12.8 Å². The first-order valence-electron chi connectivity index (χ1n) is 14.2. The number of para-hydroxylation sites is 1. The fourth-order valence-corrected chi connectivity index (χ4v) is 6.31. The summed E-state index contributed by atoms with van der Waals surface area (Å²) < 4.78 is 43.8. The summed E-state index contributed by atoms with van der Waals surface area (Å²) in [5.74, 6) is -1.76. The number of amides is 2. The standard InChI is InChI=1S/C34H35ClFN3O4S/c1-25(2)22-37-34(41)32(21-26-13-5-3-6-14-26)38(23-27-15-9-10-18-29(27)35)33(40)24-39(31-20-12-11-19-30(31)36)44(42,43)28-16-7-4-8-17-28/h3-20,25,32H,21-24H2,1-2H3,(H,37,41)/t32-/m1/s1. The van der Waals surface area contributed by atoms with Gasteiger partial charge in [-0.05, 0) is 47.4 Å². The summed E-state index contributed by atoms with van der Waals surface area (Å²) in [6.45, 7) is 3.45. The van der Waals surface area contributed by atoms with Crippen molar-refractivity contribution in [2.75, 3.05) is 17.4 Å². The minimum absolute atomic E-state index is 0.0817. The van der Waals surface area contributed by atoms with Crippen LogP contribution in [0, 0.1) is 11.7 Å². The predicted octanol–water partition coefficient (Wildman–Crippen LogP) is 6.09. The van der Waals surface area contributed by atoms with Crippen LogP contribution in [-0.4, -0.2) is 44.3 Å². The number of sulfonamides is 1. The van der Waals surface area contributed by atoms with E-state index in [0.717, 1.165) is 15.9 Å². The molecule has 1 N–H and O–H groups in total. The quantitative estimate of drug-likeness (QED) is 0.193. The Labute approximate surface area is 263 Å². The van der Waals surface area contributed by atoms with E-state index < -0.39 is 40.2 Å². The SMILES string of the molecule is CC(C)CNC(=O)[C@@H](Cc1ccccc1)N(Cc1ccccc1Cl)C(=O)CN(c1ccccc1F)S(=O)(=O)c1ccccc1. The number of nitrogens with zero attached hydrogens (tertiary/aromatic N) is 2. The van der Waals surface area contributed by atoms with Crippen molar-refractivity contribution in [3.8, 4) is 0 Å². The molecule has 0 aliphatic heterocycles. The Hall–Kier alpha value is -4.21. The van der Waals surface area contributed by atoms with Gasteiger partial charge in [0.05, 0.1) is 10.6 Å². The van der Waals surface area contributed by atoms with E-state index in [0.29, 0.717) is 17.1 Å². The van der Waals surface area contributed by atoms with Crippen molar-refractivity contribution in [1.82, 2.24) is 10.2 Å². The molecule has 0 fully saturated rings. The molecule has 4 aromatic carbocycles. The molecule has 0 saturated carbocycles. The molecule has 10 heteroatoms. The highest BCUT2D eigenvalue weighted by Gasteiger charge is 2.35. The van der Waals surface area contributed by atoms with Crippen molar-refractivity contribution >= 4 is 39.1 Å². The van der Waals surface area contributed by atoms with Crippen LogP contribution in [0.5, 0.6) is 0 Å². The molecule has 4 rings (SSSR count). The molecule has 230 valence electrons. The Balaban J connectivity index is 1.81. The molecule has 0 unspecified atom stereocenters. The number of carbonyl (C=O) groups excluding carboxylic acids is 2. The lowest BCUT2D eigenvalue weighted by molar-refractivity contribution is -0.140. The van der Waals surface area contributed by atoms with Gasteiger partial charge >= 0.3 is 0 Å². The van der Waals surface area contributed by atoms with Gasteiger partial charge in [0, 0.05) is 24.5 Å². The molecule has 0 heterocycles. The molecule has 0 bridgehead atoms. The summed E-state index contributed by atoms with van der Waals surface area (Å²) >= 11 is 6.50. The van der Waals surface area contributed by atoms with E-state index in [2.05, 4.69) is 5.32 Å². The summed E-state index contributed by atoms with van der Waals surface area (Å²) in [5.41, 5.74) is 1.09. The van der Waals surface area contributed by atoms with E-state index in [4.69, 9.17) is 11.6 Å². The van der Waals surface area contributed by atoms with Crippen LogP contribution in [0.3, 0.4) is 0 Å². The second kappa shape index (κ2) is 15.0. The summed E-state index contributed by atoms with van der Waals surface area (Å²) in [5, 5.41) is 3.31. The summed E-state index contributed by atoms with van der Waals surface area (Å²) in [6.07, 6.45) is 0.159. The third-order valence-electron chi connectivity index (χ3n) is 6.99. The largest absolute Gasteiger partial charge is 0.354 e. The fourth-order valence-electron chi connectivity index (χ4n) is 4.67. The van der Waals surface area contributed by atoms with Crippen molar-refractivity contribution in [2.45, 2.75) is 37.8 Å². The summed E-state index contributed by atoms with van der Waals surface area (Å²) in [4.78, 5) is 29.4. The number of halogens is 2. The number of benzene rings is 4. The average molecular weight is 636 g/mol. The highest BCUT2D eigenvalue weighted by molar-refractivity contribution is 7.92. The maximum absolute atomic E-state index is 15.2. The highest BCUT2D eigenvalue weighted by atomic mass is 35.5. The zero-order chi connectivity index (χ0) is 31.7. The monoisotopic (exact) mass is 635 g/mol. The first-order valence-corrected chi connectivity index (χ1v) is 16.1. The third-order valence-corrected chi connectivity index (χ3v) is 9.13. The first-order chi connectivity index (χ1) is 21.1. The van der Waals surface area contributed by atoms with Gasteiger partial charge in [0.1, 0.15) is 18.4 Å². The van der Waals surface area contributed by atoms with Crippen molar-refractivity contribution in [2.24, 2.45) is 5.92 Å². The van der Waals surface area contributed by atoms with Gasteiger partial charge in [-0.15, -0.1) is 0 Å². The molecule has 2 amide bonds. The van der Waals surface area contributed by atoms with Crippen LogP contribution < -0.4 is 9.62 Å². The van der Waals surface area contributed by atoms with Crippen LogP contribution in [0.25, 0.3) is 0 Å². The van der Waals surface area contributed by atoms with Gasteiger partial charge in [0.15, 0.2) is 0 Å². The van der Waals surface area contributed by atoms with Crippen LogP contribution in [-0.2, 0) is 32.6 Å². The molecule has 44 heavy (non-hydrogen) atoms. The molecule has 1 atom stereocenters. The first kappa shape index (κ1) is 32.7. The van der Waals surface area contributed by atoms with E-state index in [1.54, 1.807) is 42.5 Å². The van der Waals surface area contributed by atoms with Crippen LogP contribution in [0.15, 0.2) is 114 Å². The van der Waals surface area contributed by atoms with E-state index in [9.17, 15) is 18.0 Å². The van der Waals surface area contributed by atoms with E-state index in [-0.39, 0.29) is 29.5 Å². The van der Waals surface area contributed by atoms with E-state index in [1.807, 2.05) is 44.2 Å². The van der Waals surface area contributed by atoms with Crippen molar-refractivity contribution in [1.29, 1.82) is 0 Å². The van der Waals surface area contributed by atoms with Crippen molar-refractivity contribution in [3.63, 3.8) is 0 Å². The summed E-state index contributed by atoms with van der Waals surface area (Å²) in [6, 6.07) is 28.0. The molecule has 0 spiro atoms. The molecule has 7 nitrogen and oxygen atoms in total. The van der Waals surface area contributed by atoms with Gasteiger partial charge in [0.2, 0.25) is 11.8 Å². The zero-order valence-corrected chi connectivity index (χ0v) is 26.1. The molecular formula is C34H35ClFN3O4S. The normalized spacial score (nSPS) is 12.0. The van der Waals surface area contributed by atoms with Crippen LogP contribution in [0.2, 0.25) is 5.02 Å². The maximum Gasteiger partial charge on any atom is 0.264 e. The smallest absolute Gasteiger partial charge is 0.264 e. The molecular weight excluding hydrogens is 601 g/mol. The predicted molar refractivity (Wildman–Crippen MR) is 171 cm³/mol.